The minimum absolute atomic E-state index is 0.0491. The first kappa shape index (κ1) is 17.2. The molecule has 1 N–H and O–H groups in total. The standard InChI is InChI=1S/C14H19ClN2O4S/c1-10-4-3-7-17(9-10)22(19,20)13-8-11(5-6-12(13)15)14(18)16-21-2/h5-6,8,10H,3-4,7,9H2,1-2H3,(H,16,18). The van der Waals surface area contributed by atoms with E-state index in [0.29, 0.717) is 19.0 Å². The average Bonchev–Trinajstić information content (AvgIpc) is 2.47. The molecule has 8 heteroatoms. The summed E-state index contributed by atoms with van der Waals surface area (Å²) in [7, 11) is -2.41. The van der Waals surface area contributed by atoms with E-state index in [1.807, 2.05) is 6.92 Å². The summed E-state index contributed by atoms with van der Waals surface area (Å²) in [6.07, 6.45) is 1.83. The van der Waals surface area contributed by atoms with E-state index in [9.17, 15) is 13.2 Å². The molecule has 1 unspecified atom stereocenters. The van der Waals surface area contributed by atoms with E-state index >= 15 is 0 Å². The molecule has 1 saturated heterocycles. The zero-order valence-electron chi connectivity index (χ0n) is 12.5. The summed E-state index contributed by atoms with van der Waals surface area (Å²) in [6, 6.07) is 4.15. The molecule has 122 valence electrons. The largest absolute Gasteiger partial charge is 0.277 e. The zero-order valence-corrected chi connectivity index (χ0v) is 14.1. The van der Waals surface area contributed by atoms with Crippen molar-refractivity contribution in [2.45, 2.75) is 24.7 Å². The molecule has 1 aromatic carbocycles. The van der Waals surface area contributed by atoms with Gasteiger partial charge in [0.05, 0.1) is 12.1 Å². The maximum absolute atomic E-state index is 12.8. The van der Waals surface area contributed by atoms with Gasteiger partial charge in [-0.15, -0.1) is 0 Å². The van der Waals surface area contributed by atoms with Gasteiger partial charge in [-0.3, -0.25) is 9.63 Å². The van der Waals surface area contributed by atoms with Gasteiger partial charge in [0.2, 0.25) is 10.0 Å². The van der Waals surface area contributed by atoms with Crippen LogP contribution in [0.4, 0.5) is 0 Å². The Morgan fingerprint density at radius 3 is 2.82 bits per heavy atom. The van der Waals surface area contributed by atoms with Crippen molar-refractivity contribution < 1.29 is 18.0 Å². The van der Waals surface area contributed by atoms with Crippen molar-refractivity contribution >= 4 is 27.5 Å². The number of nitrogens with zero attached hydrogens (tertiary/aromatic N) is 1. The van der Waals surface area contributed by atoms with Crippen LogP contribution in [0.3, 0.4) is 0 Å². The van der Waals surface area contributed by atoms with E-state index in [2.05, 4.69) is 10.3 Å². The molecule has 1 amide bonds. The molecule has 1 fully saturated rings. The van der Waals surface area contributed by atoms with E-state index in [1.165, 1.54) is 29.6 Å². The lowest BCUT2D eigenvalue weighted by Gasteiger charge is -2.30. The van der Waals surface area contributed by atoms with Crippen LogP contribution in [0.2, 0.25) is 5.02 Å². The quantitative estimate of drug-likeness (QED) is 0.847. The van der Waals surface area contributed by atoms with E-state index in [0.717, 1.165) is 12.8 Å². The Labute approximate surface area is 135 Å². The summed E-state index contributed by atoms with van der Waals surface area (Å²) in [6.45, 7) is 2.95. The fourth-order valence-electron chi connectivity index (χ4n) is 2.50. The van der Waals surface area contributed by atoms with Crippen molar-refractivity contribution in [3.63, 3.8) is 0 Å². The van der Waals surface area contributed by atoms with Gasteiger partial charge in [-0.2, -0.15) is 4.31 Å². The number of hydrogen-bond acceptors (Lipinski definition) is 4. The molecule has 1 atom stereocenters. The molecule has 0 spiro atoms. The van der Waals surface area contributed by atoms with Crippen LogP contribution >= 0.6 is 11.6 Å². The van der Waals surface area contributed by atoms with Crippen LogP contribution in [-0.4, -0.2) is 38.8 Å². The predicted molar refractivity (Wildman–Crippen MR) is 83.1 cm³/mol. The number of nitrogens with one attached hydrogen (secondary N) is 1. The second-order valence-corrected chi connectivity index (χ2v) is 7.70. The molecule has 1 aliphatic heterocycles. The van der Waals surface area contributed by atoms with Gasteiger partial charge in [-0.1, -0.05) is 18.5 Å². The van der Waals surface area contributed by atoms with Crippen molar-refractivity contribution in [1.29, 1.82) is 0 Å². The second-order valence-electron chi connectivity index (χ2n) is 5.39. The summed E-state index contributed by atoms with van der Waals surface area (Å²) in [5.41, 5.74) is 2.33. The highest BCUT2D eigenvalue weighted by Gasteiger charge is 2.30. The molecule has 1 aromatic rings. The number of carbonyl (C=O) groups is 1. The molecular formula is C14H19ClN2O4S. The molecule has 6 nitrogen and oxygen atoms in total. The number of sulfonamides is 1. The van der Waals surface area contributed by atoms with E-state index < -0.39 is 15.9 Å². The number of benzene rings is 1. The number of amides is 1. The van der Waals surface area contributed by atoms with Gasteiger partial charge in [-0.05, 0) is 37.0 Å². The molecule has 0 saturated carbocycles. The Kier molecular flexibility index (Phi) is 5.44. The minimum atomic E-state index is -3.72. The highest BCUT2D eigenvalue weighted by Crippen LogP contribution is 2.29. The van der Waals surface area contributed by atoms with Crippen molar-refractivity contribution in [1.82, 2.24) is 9.79 Å². The number of carbonyl (C=O) groups excluding carboxylic acids is 1. The minimum Gasteiger partial charge on any atom is -0.277 e. The third-order valence-electron chi connectivity index (χ3n) is 3.63. The Bertz CT molecular complexity index is 663. The lowest BCUT2D eigenvalue weighted by Crippen LogP contribution is -2.39. The van der Waals surface area contributed by atoms with Crippen LogP contribution in [-0.2, 0) is 14.9 Å². The summed E-state index contributed by atoms with van der Waals surface area (Å²) in [5.74, 6) is -0.218. The lowest BCUT2D eigenvalue weighted by atomic mass is 10.0. The molecule has 0 bridgehead atoms. The first-order chi connectivity index (χ1) is 10.4. The van der Waals surface area contributed by atoms with Gasteiger partial charge < -0.3 is 0 Å². The van der Waals surface area contributed by atoms with Crippen LogP contribution in [0.5, 0.6) is 0 Å². The Morgan fingerprint density at radius 2 is 2.18 bits per heavy atom. The number of halogens is 1. The van der Waals surface area contributed by atoms with Crippen LogP contribution in [0.25, 0.3) is 0 Å². The first-order valence-electron chi connectivity index (χ1n) is 6.99. The Morgan fingerprint density at radius 1 is 1.45 bits per heavy atom. The zero-order chi connectivity index (χ0) is 16.3. The van der Waals surface area contributed by atoms with Gasteiger partial charge in [0.1, 0.15) is 4.90 Å². The molecule has 2 rings (SSSR count). The lowest BCUT2D eigenvalue weighted by molar-refractivity contribution is 0.0537. The monoisotopic (exact) mass is 346 g/mol. The SMILES string of the molecule is CONC(=O)c1ccc(Cl)c(S(=O)(=O)N2CCCC(C)C2)c1. The van der Waals surface area contributed by atoms with Crippen LogP contribution in [0, 0.1) is 5.92 Å². The number of rotatable bonds is 4. The van der Waals surface area contributed by atoms with Gasteiger partial charge in [0.15, 0.2) is 0 Å². The van der Waals surface area contributed by atoms with Gasteiger partial charge in [-0.25, -0.2) is 13.9 Å². The van der Waals surface area contributed by atoms with E-state index in [4.69, 9.17) is 11.6 Å². The highest BCUT2D eigenvalue weighted by atomic mass is 35.5. The summed E-state index contributed by atoms with van der Waals surface area (Å²) in [4.78, 5) is 16.3. The van der Waals surface area contributed by atoms with E-state index in [1.54, 1.807) is 0 Å². The normalized spacial score (nSPS) is 19.9. The molecule has 22 heavy (non-hydrogen) atoms. The third-order valence-corrected chi connectivity index (χ3v) is 5.97. The molecule has 0 aliphatic carbocycles. The topological polar surface area (TPSA) is 75.7 Å². The summed E-state index contributed by atoms with van der Waals surface area (Å²) < 4.78 is 27.0. The Balaban J connectivity index is 2.37. The smallest absolute Gasteiger partial charge is 0.274 e. The Hall–Kier alpha value is -1.15. The first-order valence-corrected chi connectivity index (χ1v) is 8.81. The van der Waals surface area contributed by atoms with Gasteiger partial charge in [0.25, 0.3) is 5.91 Å². The number of hydrogen-bond donors (Lipinski definition) is 1. The van der Waals surface area contributed by atoms with Gasteiger partial charge >= 0.3 is 0 Å². The summed E-state index contributed by atoms with van der Waals surface area (Å²) in [5, 5.41) is 0.104. The molecule has 1 aliphatic rings. The second kappa shape index (κ2) is 6.95. The maximum atomic E-state index is 12.8. The van der Waals surface area contributed by atoms with Crippen molar-refractivity contribution in [2.75, 3.05) is 20.2 Å². The van der Waals surface area contributed by atoms with E-state index in [-0.39, 0.29) is 15.5 Å². The molecule has 0 radical (unpaired) electrons. The molecule has 1 heterocycles. The molecule has 0 aromatic heterocycles. The average molecular weight is 347 g/mol. The van der Waals surface area contributed by atoms with Crippen LogP contribution in [0.15, 0.2) is 23.1 Å². The van der Waals surface area contributed by atoms with Crippen molar-refractivity contribution in [3.05, 3.63) is 28.8 Å². The fraction of sp³-hybridized carbons (Fsp3) is 0.500. The highest BCUT2D eigenvalue weighted by molar-refractivity contribution is 7.89. The molecular weight excluding hydrogens is 328 g/mol. The number of piperidine rings is 1. The maximum Gasteiger partial charge on any atom is 0.274 e. The fourth-order valence-corrected chi connectivity index (χ4v) is 4.60. The van der Waals surface area contributed by atoms with Gasteiger partial charge in [0, 0.05) is 18.7 Å². The van der Waals surface area contributed by atoms with Crippen molar-refractivity contribution in [2.24, 2.45) is 5.92 Å². The third kappa shape index (κ3) is 3.60. The predicted octanol–water partition coefficient (Wildman–Crippen LogP) is 2.05. The van der Waals surface area contributed by atoms with Crippen LogP contribution in [0.1, 0.15) is 30.1 Å². The van der Waals surface area contributed by atoms with Crippen molar-refractivity contribution in [3.8, 4) is 0 Å². The number of hydroxylamine groups is 1. The van der Waals surface area contributed by atoms with Crippen LogP contribution < -0.4 is 5.48 Å². The summed E-state index contributed by atoms with van der Waals surface area (Å²) >= 11 is 6.05.